The maximum absolute atomic E-state index is 14.2. The predicted octanol–water partition coefficient (Wildman–Crippen LogP) is 2.69. The molecule has 0 unspecified atom stereocenters. The number of carbonyl (C=O) groups excluding carboxylic acids is 1. The van der Waals surface area contributed by atoms with E-state index in [1.165, 1.54) is 6.07 Å². The van der Waals surface area contributed by atoms with Crippen molar-refractivity contribution in [1.29, 1.82) is 0 Å². The van der Waals surface area contributed by atoms with Gasteiger partial charge in [0.1, 0.15) is 12.0 Å². The Bertz CT molecular complexity index is 594. The van der Waals surface area contributed by atoms with Crippen LogP contribution in [0, 0.1) is 0 Å². The van der Waals surface area contributed by atoms with Crippen molar-refractivity contribution in [2.24, 2.45) is 5.73 Å². The number of rotatable bonds is 3. The lowest BCUT2D eigenvalue weighted by Crippen LogP contribution is -2.59. The zero-order valence-electron chi connectivity index (χ0n) is 10.7. The zero-order valence-corrected chi connectivity index (χ0v) is 12.3. The van der Waals surface area contributed by atoms with Gasteiger partial charge >= 0.3 is 0 Å². The van der Waals surface area contributed by atoms with Gasteiger partial charge in [-0.1, -0.05) is 22.0 Å². The Morgan fingerprint density at radius 1 is 1.33 bits per heavy atom. The van der Waals surface area contributed by atoms with Crippen molar-refractivity contribution in [2.75, 3.05) is 6.61 Å². The van der Waals surface area contributed by atoms with Crippen molar-refractivity contribution in [2.45, 2.75) is 30.1 Å². The van der Waals surface area contributed by atoms with Crippen molar-refractivity contribution >= 4 is 21.8 Å². The molecule has 1 aliphatic carbocycles. The lowest BCUT2D eigenvalue weighted by molar-refractivity contribution is -0.160. The molecule has 0 saturated carbocycles. The molecule has 0 bridgehead atoms. The van der Waals surface area contributed by atoms with Gasteiger partial charge < -0.3 is 10.8 Å². The number of halogens is 5. The number of nitrogens with two attached hydrogens (primary N) is 1. The lowest BCUT2D eigenvalue weighted by atomic mass is 9.64. The monoisotopic (exact) mass is 369 g/mol. The number of aliphatic hydroxyl groups excluding tert-OH is 1. The molecule has 116 valence electrons. The molecule has 0 spiro atoms. The van der Waals surface area contributed by atoms with Gasteiger partial charge in [-0.2, -0.15) is 0 Å². The maximum atomic E-state index is 14.2. The molecule has 1 atom stereocenters. The number of alkyl halides is 4. The van der Waals surface area contributed by atoms with Crippen LogP contribution in [0.1, 0.15) is 24.0 Å². The van der Waals surface area contributed by atoms with Crippen LogP contribution in [0.15, 0.2) is 22.7 Å². The van der Waals surface area contributed by atoms with E-state index in [2.05, 4.69) is 15.9 Å². The minimum Gasteiger partial charge on any atom is -0.390 e. The summed E-state index contributed by atoms with van der Waals surface area (Å²) in [7, 11) is 0. The standard InChI is InChI=1S/C13H12BrF4NO2/c14-7-1-2-8-9(5-7)11(10(19)21,13(17,18)6-20)3-4-12(8,15)16/h1-2,5,20H,3-4,6H2,(H2,19,21)/t11-/m1/s1. The third kappa shape index (κ3) is 2.24. The Hall–Kier alpha value is -1.15. The second-order valence-corrected chi connectivity index (χ2v) is 5.94. The van der Waals surface area contributed by atoms with Gasteiger partial charge in [0.2, 0.25) is 5.91 Å². The van der Waals surface area contributed by atoms with Crippen LogP contribution in [0.5, 0.6) is 0 Å². The quantitative estimate of drug-likeness (QED) is 0.804. The van der Waals surface area contributed by atoms with Crippen LogP contribution in [-0.2, 0) is 16.1 Å². The minimum absolute atomic E-state index is 0.262. The molecule has 1 aliphatic rings. The molecule has 3 nitrogen and oxygen atoms in total. The zero-order chi connectivity index (χ0) is 16.1. The highest BCUT2D eigenvalue weighted by atomic mass is 79.9. The fourth-order valence-corrected chi connectivity index (χ4v) is 3.11. The molecule has 1 aromatic rings. The van der Waals surface area contributed by atoms with E-state index in [4.69, 9.17) is 10.8 Å². The van der Waals surface area contributed by atoms with Gasteiger partial charge in [-0.05, 0) is 24.1 Å². The first kappa shape index (κ1) is 16.2. The molecule has 0 radical (unpaired) electrons. The van der Waals surface area contributed by atoms with Gasteiger partial charge in [-0.25, -0.2) is 17.6 Å². The summed E-state index contributed by atoms with van der Waals surface area (Å²) in [6.07, 6.45) is -1.79. The second-order valence-electron chi connectivity index (χ2n) is 5.03. The molecular weight excluding hydrogens is 358 g/mol. The van der Waals surface area contributed by atoms with E-state index in [0.29, 0.717) is 0 Å². The number of aliphatic hydroxyl groups is 1. The average Bonchev–Trinajstić information content (AvgIpc) is 2.37. The molecule has 0 fully saturated rings. The Morgan fingerprint density at radius 2 is 1.95 bits per heavy atom. The van der Waals surface area contributed by atoms with E-state index < -0.39 is 53.7 Å². The molecule has 2 rings (SSSR count). The van der Waals surface area contributed by atoms with E-state index in [-0.39, 0.29) is 4.47 Å². The lowest BCUT2D eigenvalue weighted by Gasteiger charge is -2.43. The highest BCUT2D eigenvalue weighted by molar-refractivity contribution is 9.10. The normalized spacial score (nSPS) is 24.5. The fourth-order valence-electron chi connectivity index (χ4n) is 2.75. The van der Waals surface area contributed by atoms with Crippen LogP contribution in [0.4, 0.5) is 17.6 Å². The summed E-state index contributed by atoms with van der Waals surface area (Å²) in [4.78, 5) is 11.7. The molecule has 1 aromatic carbocycles. The largest absolute Gasteiger partial charge is 0.390 e. The number of benzene rings is 1. The molecular formula is C13H12BrF4NO2. The first-order chi connectivity index (χ1) is 9.58. The van der Waals surface area contributed by atoms with E-state index in [0.717, 1.165) is 12.1 Å². The fraction of sp³-hybridized carbons (Fsp3) is 0.462. The predicted molar refractivity (Wildman–Crippen MR) is 70.2 cm³/mol. The van der Waals surface area contributed by atoms with Crippen LogP contribution in [0.3, 0.4) is 0 Å². The minimum atomic E-state index is -3.94. The summed E-state index contributed by atoms with van der Waals surface area (Å²) in [6.45, 7) is -1.66. The number of fused-ring (bicyclic) bond motifs is 1. The first-order valence-corrected chi connectivity index (χ1v) is 6.85. The summed E-state index contributed by atoms with van der Waals surface area (Å²) in [5.41, 5.74) is 1.27. The number of hydrogen-bond donors (Lipinski definition) is 2. The van der Waals surface area contributed by atoms with E-state index >= 15 is 0 Å². The third-order valence-corrected chi connectivity index (χ3v) is 4.39. The molecule has 8 heteroatoms. The van der Waals surface area contributed by atoms with Crippen LogP contribution in [0.2, 0.25) is 0 Å². The van der Waals surface area contributed by atoms with Crippen LogP contribution in [0.25, 0.3) is 0 Å². The summed E-state index contributed by atoms with van der Waals surface area (Å²) < 4.78 is 56.6. The molecule has 0 aliphatic heterocycles. The Labute approximate surface area is 126 Å². The van der Waals surface area contributed by atoms with Crippen LogP contribution < -0.4 is 5.73 Å². The summed E-state index contributed by atoms with van der Waals surface area (Å²) in [5, 5.41) is 8.93. The smallest absolute Gasteiger partial charge is 0.288 e. The van der Waals surface area contributed by atoms with Gasteiger partial charge in [0.25, 0.3) is 11.8 Å². The summed E-state index contributed by atoms with van der Waals surface area (Å²) >= 11 is 3.01. The summed E-state index contributed by atoms with van der Waals surface area (Å²) in [6, 6.07) is 3.31. The van der Waals surface area contributed by atoms with Crippen molar-refractivity contribution in [3.05, 3.63) is 33.8 Å². The van der Waals surface area contributed by atoms with Crippen LogP contribution in [-0.4, -0.2) is 23.5 Å². The van der Waals surface area contributed by atoms with Crippen LogP contribution >= 0.6 is 15.9 Å². The van der Waals surface area contributed by atoms with Gasteiger partial charge in [0.05, 0.1) is 0 Å². The van der Waals surface area contributed by atoms with Gasteiger partial charge in [0, 0.05) is 16.5 Å². The highest BCUT2D eigenvalue weighted by Gasteiger charge is 2.63. The average molecular weight is 370 g/mol. The number of primary amides is 1. The molecule has 0 aromatic heterocycles. The SMILES string of the molecule is NC(=O)[C@@]1(C(F)(F)CO)CCC(F)(F)c2ccc(Br)cc21. The van der Waals surface area contributed by atoms with Crippen molar-refractivity contribution in [3.63, 3.8) is 0 Å². The second kappa shape index (κ2) is 4.95. The molecule has 3 N–H and O–H groups in total. The van der Waals surface area contributed by atoms with Gasteiger partial charge in [0.15, 0.2) is 0 Å². The number of hydrogen-bond acceptors (Lipinski definition) is 2. The Kier molecular flexibility index (Phi) is 3.82. The first-order valence-electron chi connectivity index (χ1n) is 6.05. The van der Waals surface area contributed by atoms with Gasteiger partial charge in [-0.15, -0.1) is 0 Å². The van der Waals surface area contributed by atoms with Crippen molar-refractivity contribution < 1.29 is 27.5 Å². The Morgan fingerprint density at radius 3 is 2.48 bits per heavy atom. The van der Waals surface area contributed by atoms with E-state index in [1.54, 1.807) is 0 Å². The molecule has 21 heavy (non-hydrogen) atoms. The third-order valence-electron chi connectivity index (χ3n) is 3.89. The number of carbonyl (C=O) groups is 1. The van der Waals surface area contributed by atoms with Gasteiger partial charge in [-0.3, -0.25) is 4.79 Å². The van der Waals surface area contributed by atoms with E-state index in [9.17, 15) is 22.4 Å². The maximum Gasteiger partial charge on any atom is 0.288 e. The molecule has 1 amide bonds. The van der Waals surface area contributed by atoms with Crippen molar-refractivity contribution in [3.8, 4) is 0 Å². The Balaban J connectivity index is 2.82. The molecule has 0 heterocycles. The van der Waals surface area contributed by atoms with Crippen molar-refractivity contribution in [1.82, 2.24) is 0 Å². The summed E-state index contributed by atoms with van der Waals surface area (Å²) in [5.74, 6) is -8.71. The highest BCUT2D eigenvalue weighted by Crippen LogP contribution is 2.54. The number of amides is 1. The topological polar surface area (TPSA) is 63.3 Å². The van der Waals surface area contributed by atoms with E-state index in [1.807, 2.05) is 0 Å². The molecule has 0 saturated heterocycles.